The molecule has 6 nitrogen and oxygen atoms in total. The van der Waals surface area contributed by atoms with Gasteiger partial charge in [0.15, 0.2) is 0 Å². The molecule has 0 radical (unpaired) electrons. The third kappa shape index (κ3) is 8.51. The minimum absolute atomic E-state index is 0.0733. The molecule has 0 N–H and O–H groups in total. The minimum Gasteiger partial charge on any atom is -0.458 e. The van der Waals surface area contributed by atoms with Crippen molar-refractivity contribution in [3.8, 4) is 0 Å². The minimum atomic E-state index is -0.498. The molecule has 0 saturated carbocycles. The van der Waals surface area contributed by atoms with Crippen molar-refractivity contribution in [3.05, 3.63) is 191 Å². The molecule has 270 valence electrons. The Morgan fingerprint density at radius 3 is 1.04 bits per heavy atom. The summed E-state index contributed by atoms with van der Waals surface area (Å²) in [6, 6.07) is 43.5. The van der Waals surface area contributed by atoms with E-state index in [1.54, 1.807) is 24.3 Å². The second-order valence-electron chi connectivity index (χ2n) is 13.2. The van der Waals surface area contributed by atoms with Crippen LogP contribution in [-0.4, -0.2) is 25.2 Å². The maximum Gasteiger partial charge on any atom is 0.338 e. The molecule has 0 aliphatic heterocycles. The largest absolute Gasteiger partial charge is 0.458 e. The number of hydrogen-bond donors (Lipinski definition) is 0. The zero-order valence-electron chi connectivity index (χ0n) is 31.2. The number of benzene rings is 6. The van der Waals surface area contributed by atoms with E-state index in [-0.39, 0.29) is 13.2 Å². The van der Waals surface area contributed by atoms with Crippen molar-refractivity contribution in [2.75, 3.05) is 23.0 Å². The Morgan fingerprint density at radius 2 is 0.741 bits per heavy atom. The van der Waals surface area contributed by atoms with E-state index >= 15 is 0 Å². The molecule has 0 aliphatic rings. The smallest absolute Gasteiger partial charge is 0.338 e. The van der Waals surface area contributed by atoms with Gasteiger partial charge in [-0.05, 0) is 158 Å². The van der Waals surface area contributed by atoms with Gasteiger partial charge in [-0.15, -0.1) is 0 Å². The third-order valence-electron chi connectivity index (χ3n) is 9.54. The standard InChI is InChI=1S/C48H44N2O4/c1-7-37-11-21-41(22-12-37)49(45-19-9-33(3)35(5)31-45)43-25-15-39(16-26-43)47(51)53-29-30-54-48(52)40-17-27-44(28-18-40)50(42-23-13-38(8-2)14-24-42)46-20-10-34(4)36(6)32-46/h7-28,31-32H,1-2,29-30H2,3-6H3. The number of anilines is 6. The molecule has 0 spiro atoms. The first-order valence-corrected chi connectivity index (χ1v) is 17.9. The van der Waals surface area contributed by atoms with Gasteiger partial charge in [-0.25, -0.2) is 9.59 Å². The highest BCUT2D eigenvalue weighted by atomic mass is 16.6. The van der Waals surface area contributed by atoms with Gasteiger partial charge in [0, 0.05) is 34.1 Å². The molecule has 0 aromatic heterocycles. The molecule has 0 atom stereocenters. The Hall–Kier alpha value is -6.66. The molecule has 54 heavy (non-hydrogen) atoms. The molecule has 0 bridgehead atoms. The van der Waals surface area contributed by atoms with Crippen LogP contribution in [0.2, 0.25) is 0 Å². The highest BCUT2D eigenvalue weighted by Gasteiger charge is 2.17. The van der Waals surface area contributed by atoms with E-state index in [0.717, 1.165) is 45.3 Å². The molecule has 0 heterocycles. The van der Waals surface area contributed by atoms with Crippen molar-refractivity contribution in [1.29, 1.82) is 0 Å². The lowest BCUT2D eigenvalue weighted by Gasteiger charge is -2.26. The number of nitrogens with zero attached hydrogens (tertiary/aromatic N) is 2. The van der Waals surface area contributed by atoms with Gasteiger partial charge in [-0.3, -0.25) is 0 Å². The molecule has 6 rings (SSSR count). The quantitative estimate of drug-likeness (QED) is 0.0877. The first-order chi connectivity index (χ1) is 26.1. The van der Waals surface area contributed by atoms with Crippen LogP contribution in [0.4, 0.5) is 34.1 Å². The van der Waals surface area contributed by atoms with Crippen LogP contribution in [0.1, 0.15) is 54.1 Å². The van der Waals surface area contributed by atoms with Gasteiger partial charge >= 0.3 is 11.9 Å². The Bertz CT molecular complexity index is 2110. The zero-order valence-corrected chi connectivity index (χ0v) is 31.2. The summed E-state index contributed by atoms with van der Waals surface area (Å²) in [7, 11) is 0. The van der Waals surface area contributed by atoms with Gasteiger partial charge in [0.05, 0.1) is 11.1 Å². The van der Waals surface area contributed by atoms with Crippen molar-refractivity contribution in [1.82, 2.24) is 0 Å². The fourth-order valence-electron chi connectivity index (χ4n) is 6.07. The van der Waals surface area contributed by atoms with Crippen molar-refractivity contribution in [2.45, 2.75) is 27.7 Å². The lowest BCUT2D eigenvalue weighted by atomic mass is 10.1. The Morgan fingerprint density at radius 1 is 0.444 bits per heavy atom. The molecule has 6 aromatic carbocycles. The van der Waals surface area contributed by atoms with E-state index in [1.807, 2.05) is 60.7 Å². The number of ether oxygens (including phenoxy) is 2. The van der Waals surface area contributed by atoms with E-state index in [1.165, 1.54) is 22.3 Å². The summed E-state index contributed by atoms with van der Waals surface area (Å²) in [6.07, 6.45) is 3.63. The Kier molecular flexibility index (Phi) is 11.5. The van der Waals surface area contributed by atoms with Crippen molar-refractivity contribution >= 4 is 58.2 Å². The van der Waals surface area contributed by atoms with E-state index in [4.69, 9.17) is 9.47 Å². The fraction of sp³-hybridized carbons (Fsp3) is 0.125. The summed E-state index contributed by atoms with van der Waals surface area (Å²) in [6.45, 7) is 16.0. The van der Waals surface area contributed by atoms with Crippen LogP contribution in [0.3, 0.4) is 0 Å². The Labute approximate surface area is 318 Å². The molecule has 6 heteroatoms. The van der Waals surface area contributed by atoms with Crippen LogP contribution >= 0.6 is 0 Å². The summed E-state index contributed by atoms with van der Waals surface area (Å²) >= 11 is 0. The molecular weight excluding hydrogens is 669 g/mol. The summed E-state index contributed by atoms with van der Waals surface area (Å²) in [5.41, 5.74) is 13.4. The van der Waals surface area contributed by atoms with Crippen molar-refractivity contribution in [3.63, 3.8) is 0 Å². The molecule has 0 fully saturated rings. The summed E-state index contributed by atoms with van der Waals surface area (Å²) in [5.74, 6) is -0.995. The van der Waals surface area contributed by atoms with Crippen LogP contribution in [0, 0.1) is 27.7 Å². The highest BCUT2D eigenvalue weighted by Crippen LogP contribution is 2.37. The maximum absolute atomic E-state index is 12.9. The number of rotatable bonds is 13. The van der Waals surface area contributed by atoms with Gasteiger partial charge < -0.3 is 19.3 Å². The second kappa shape index (κ2) is 16.8. The Balaban J connectivity index is 1.08. The SMILES string of the molecule is C=Cc1ccc(N(c2ccc(C(=O)OCCOC(=O)c3ccc(N(c4ccc(C=C)cc4)c4ccc(C)c(C)c4)cc3)cc2)c2ccc(C)c(C)c2)cc1. The third-order valence-corrected chi connectivity index (χ3v) is 9.54. The molecule has 0 amide bonds. The first-order valence-electron chi connectivity index (χ1n) is 17.9. The van der Waals surface area contributed by atoms with Gasteiger partial charge in [0.25, 0.3) is 0 Å². The highest BCUT2D eigenvalue weighted by molar-refractivity contribution is 5.91. The van der Waals surface area contributed by atoms with Crippen molar-refractivity contribution in [2.24, 2.45) is 0 Å². The normalized spacial score (nSPS) is 10.7. The monoisotopic (exact) mass is 712 g/mol. The fourth-order valence-corrected chi connectivity index (χ4v) is 6.07. The summed E-state index contributed by atoms with van der Waals surface area (Å²) < 4.78 is 10.9. The number of esters is 2. The van der Waals surface area contributed by atoms with E-state index in [0.29, 0.717) is 11.1 Å². The van der Waals surface area contributed by atoms with Gasteiger partial charge in [-0.2, -0.15) is 0 Å². The van der Waals surface area contributed by atoms with E-state index in [2.05, 4.69) is 111 Å². The molecule has 0 saturated heterocycles. The number of carbonyl (C=O) groups is 2. The number of hydrogen-bond acceptors (Lipinski definition) is 6. The molecule has 6 aromatic rings. The van der Waals surface area contributed by atoms with E-state index < -0.39 is 11.9 Å². The molecular formula is C48H44N2O4. The number of carbonyl (C=O) groups excluding carboxylic acids is 2. The predicted molar refractivity (Wildman–Crippen MR) is 222 cm³/mol. The van der Waals surface area contributed by atoms with Gasteiger partial charge in [-0.1, -0.05) is 61.7 Å². The summed E-state index contributed by atoms with van der Waals surface area (Å²) in [4.78, 5) is 30.2. The predicted octanol–water partition coefficient (Wildman–Crippen LogP) is 12.2. The van der Waals surface area contributed by atoms with Crippen molar-refractivity contribution < 1.29 is 19.1 Å². The topological polar surface area (TPSA) is 59.1 Å². The van der Waals surface area contributed by atoms with Crippen LogP contribution in [0.5, 0.6) is 0 Å². The van der Waals surface area contributed by atoms with Crippen LogP contribution in [-0.2, 0) is 9.47 Å². The molecule has 0 unspecified atom stereocenters. The zero-order chi connectivity index (χ0) is 38.2. The second-order valence-corrected chi connectivity index (χ2v) is 13.2. The van der Waals surface area contributed by atoms with Crippen LogP contribution in [0.15, 0.2) is 147 Å². The van der Waals surface area contributed by atoms with Crippen LogP contribution < -0.4 is 9.80 Å². The number of aryl methyl sites for hydroxylation is 4. The van der Waals surface area contributed by atoms with Crippen LogP contribution in [0.25, 0.3) is 12.2 Å². The lowest BCUT2D eigenvalue weighted by Crippen LogP contribution is -2.15. The maximum atomic E-state index is 12.9. The average molecular weight is 713 g/mol. The first kappa shape index (κ1) is 37.1. The van der Waals surface area contributed by atoms with Gasteiger partial charge in [0.2, 0.25) is 0 Å². The lowest BCUT2D eigenvalue weighted by molar-refractivity contribution is 0.0265. The molecule has 0 aliphatic carbocycles. The average Bonchev–Trinajstić information content (AvgIpc) is 3.20. The van der Waals surface area contributed by atoms with Gasteiger partial charge in [0.1, 0.15) is 13.2 Å². The summed E-state index contributed by atoms with van der Waals surface area (Å²) in [5, 5.41) is 0. The van der Waals surface area contributed by atoms with E-state index in [9.17, 15) is 9.59 Å².